The fraction of sp³-hybridized carbons (Fsp3) is 0.333. The molecule has 0 aliphatic rings. The van der Waals surface area contributed by atoms with Gasteiger partial charge in [-0.2, -0.15) is 0 Å². The number of amides is 2. The van der Waals surface area contributed by atoms with Gasteiger partial charge in [0, 0.05) is 19.6 Å². The maximum Gasteiger partial charge on any atom is 0.335 e. The molecule has 1 aromatic rings. The van der Waals surface area contributed by atoms with E-state index in [1.807, 2.05) is 0 Å². The summed E-state index contributed by atoms with van der Waals surface area (Å²) < 4.78 is 5.40. The molecule has 0 bridgehead atoms. The minimum atomic E-state index is -0.963. The van der Waals surface area contributed by atoms with Gasteiger partial charge in [0.25, 0.3) is 0 Å². The van der Waals surface area contributed by atoms with Crippen molar-refractivity contribution in [3.05, 3.63) is 29.8 Å². The molecule has 5 N–H and O–H groups in total. The Morgan fingerprint density at radius 1 is 1.16 bits per heavy atom. The van der Waals surface area contributed by atoms with E-state index in [1.54, 1.807) is 12.1 Å². The molecule has 0 atom stereocenters. The first-order valence-electron chi connectivity index (χ1n) is 5.80. The second-order valence-electron chi connectivity index (χ2n) is 3.72. The lowest BCUT2D eigenvalue weighted by molar-refractivity contribution is 0.0697. The van der Waals surface area contributed by atoms with Gasteiger partial charge in [0.2, 0.25) is 0 Å². The lowest BCUT2D eigenvalue weighted by Crippen LogP contribution is -2.36. The van der Waals surface area contributed by atoms with Crippen LogP contribution < -0.4 is 21.1 Å². The van der Waals surface area contributed by atoms with Gasteiger partial charge in [-0.3, -0.25) is 0 Å². The average molecular weight is 267 g/mol. The minimum absolute atomic E-state index is 0.225. The number of nitrogens with one attached hydrogen (secondary N) is 2. The molecule has 7 nitrogen and oxygen atoms in total. The predicted octanol–water partition coefficient (Wildman–Crippen LogP) is 0.0215. The van der Waals surface area contributed by atoms with Crippen molar-refractivity contribution >= 4 is 12.0 Å². The molecule has 1 aromatic carbocycles. The first-order chi connectivity index (χ1) is 9.09. The molecule has 0 saturated carbocycles. The maximum absolute atomic E-state index is 10.6. The quantitative estimate of drug-likeness (QED) is 0.496. The van der Waals surface area contributed by atoms with E-state index in [4.69, 9.17) is 15.6 Å². The molecule has 0 heterocycles. The van der Waals surface area contributed by atoms with E-state index in [0.717, 1.165) is 0 Å². The normalized spacial score (nSPS) is 9.89. The van der Waals surface area contributed by atoms with E-state index in [1.165, 1.54) is 12.1 Å². The molecule has 0 spiro atoms. The first-order valence-corrected chi connectivity index (χ1v) is 5.80. The monoisotopic (exact) mass is 267 g/mol. The number of aromatic carboxylic acids is 1. The Morgan fingerprint density at radius 2 is 1.84 bits per heavy atom. The molecular weight excluding hydrogens is 250 g/mol. The van der Waals surface area contributed by atoms with Crippen LogP contribution in [0.1, 0.15) is 10.4 Å². The van der Waals surface area contributed by atoms with Crippen molar-refractivity contribution in [1.82, 2.24) is 10.6 Å². The van der Waals surface area contributed by atoms with E-state index in [-0.39, 0.29) is 5.56 Å². The van der Waals surface area contributed by atoms with Crippen LogP contribution in [-0.4, -0.2) is 43.3 Å². The molecule has 0 radical (unpaired) electrons. The van der Waals surface area contributed by atoms with Gasteiger partial charge in [-0.1, -0.05) is 0 Å². The molecule has 2 amide bonds. The topological polar surface area (TPSA) is 114 Å². The summed E-state index contributed by atoms with van der Waals surface area (Å²) in [7, 11) is 0. The lowest BCUT2D eigenvalue weighted by Gasteiger charge is -2.08. The Labute approximate surface area is 110 Å². The van der Waals surface area contributed by atoms with Crippen LogP contribution in [0.2, 0.25) is 0 Å². The number of rotatable bonds is 8. The van der Waals surface area contributed by atoms with Crippen molar-refractivity contribution in [2.75, 3.05) is 26.2 Å². The average Bonchev–Trinajstić information content (AvgIpc) is 2.38. The summed E-state index contributed by atoms with van der Waals surface area (Å²) in [4.78, 5) is 21.0. The first kappa shape index (κ1) is 14.8. The fourth-order valence-corrected chi connectivity index (χ4v) is 1.33. The number of carboxylic acid groups (broad SMARTS) is 1. The van der Waals surface area contributed by atoms with Gasteiger partial charge >= 0.3 is 12.0 Å². The van der Waals surface area contributed by atoms with Gasteiger partial charge in [-0.15, -0.1) is 0 Å². The highest BCUT2D eigenvalue weighted by molar-refractivity contribution is 5.87. The van der Waals surface area contributed by atoms with Crippen LogP contribution in [0.25, 0.3) is 0 Å². The third-order valence-corrected chi connectivity index (χ3v) is 2.25. The number of ether oxygens (including phenoxy) is 1. The van der Waals surface area contributed by atoms with Crippen LogP contribution >= 0.6 is 0 Å². The van der Waals surface area contributed by atoms with Crippen molar-refractivity contribution in [2.24, 2.45) is 5.73 Å². The number of carbonyl (C=O) groups is 2. The number of nitrogens with two attached hydrogens (primary N) is 1. The van der Waals surface area contributed by atoms with Crippen LogP contribution in [-0.2, 0) is 0 Å². The second kappa shape index (κ2) is 7.93. The summed E-state index contributed by atoms with van der Waals surface area (Å²) in [6.07, 6.45) is 0. The lowest BCUT2D eigenvalue weighted by atomic mass is 10.2. The molecule has 7 heteroatoms. The van der Waals surface area contributed by atoms with Gasteiger partial charge in [0.15, 0.2) is 0 Å². The second-order valence-corrected chi connectivity index (χ2v) is 3.72. The summed E-state index contributed by atoms with van der Waals surface area (Å²) in [6, 6.07) is 5.65. The zero-order valence-electron chi connectivity index (χ0n) is 10.4. The molecule has 1 rings (SSSR count). The molecule has 0 fully saturated rings. The minimum Gasteiger partial charge on any atom is -0.492 e. The zero-order chi connectivity index (χ0) is 14.1. The number of hydrogen-bond acceptors (Lipinski definition) is 4. The Balaban J connectivity index is 2.12. The smallest absolute Gasteiger partial charge is 0.335 e. The summed E-state index contributed by atoms with van der Waals surface area (Å²) >= 11 is 0. The Morgan fingerprint density at radius 3 is 2.42 bits per heavy atom. The van der Waals surface area contributed by atoms with Crippen molar-refractivity contribution in [1.29, 1.82) is 0 Å². The van der Waals surface area contributed by atoms with Gasteiger partial charge in [0.05, 0.1) is 5.56 Å². The summed E-state index contributed by atoms with van der Waals surface area (Å²) in [5.74, 6) is -0.350. The summed E-state index contributed by atoms with van der Waals surface area (Å²) in [5.41, 5.74) is 5.12. The molecule has 0 unspecified atom stereocenters. The van der Waals surface area contributed by atoms with Gasteiger partial charge in [0.1, 0.15) is 12.4 Å². The molecule has 0 aromatic heterocycles. The zero-order valence-corrected chi connectivity index (χ0v) is 10.4. The van der Waals surface area contributed by atoms with E-state index in [9.17, 15) is 9.59 Å². The highest BCUT2D eigenvalue weighted by Gasteiger charge is 2.01. The fourth-order valence-electron chi connectivity index (χ4n) is 1.33. The molecule has 0 aliphatic heterocycles. The molecule has 19 heavy (non-hydrogen) atoms. The highest BCUT2D eigenvalue weighted by atomic mass is 16.5. The molecule has 0 saturated heterocycles. The maximum atomic E-state index is 10.6. The van der Waals surface area contributed by atoms with E-state index in [0.29, 0.717) is 32.0 Å². The molecular formula is C12H17N3O4. The van der Waals surface area contributed by atoms with Crippen LogP contribution in [0.4, 0.5) is 4.79 Å². The Hall–Kier alpha value is -2.28. The number of carbonyl (C=O) groups excluding carboxylic acids is 1. The van der Waals surface area contributed by atoms with Crippen LogP contribution in [0.15, 0.2) is 24.3 Å². The number of hydrogen-bond donors (Lipinski definition) is 4. The molecule has 104 valence electrons. The Bertz CT molecular complexity index is 419. The van der Waals surface area contributed by atoms with Gasteiger partial charge in [-0.25, -0.2) is 9.59 Å². The number of benzene rings is 1. The van der Waals surface area contributed by atoms with Crippen LogP contribution in [0, 0.1) is 0 Å². The van der Waals surface area contributed by atoms with E-state index < -0.39 is 12.0 Å². The van der Waals surface area contributed by atoms with Crippen molar-refractivity contribution in [3.8, 4) is 5.75 Å². The molecule has 0 aliphatic carbocycles. The van der Waals surface area contributed by atoms with E-state index >= 15 is 0 Å². The third-order valence-electron chi connectivity index (χ3n) is 2.25. The predicted molar refractivity (Wildman–Crippen MR) is 69.4 cm³/mol. The summed E-state index contributed by atoms with van der Waals surface area (Å²) in [6.45, 7) is 2.12. The van der Waals surface area contributed by atoms with Crippen molar-refractivity contribution < 1.29 is 19.4 Å². The largest absolute Gasteiger partial charge is 0.492 e. The third kappa shape index (κ3) is 6.27. The number of carboxylic acids is 1. The van der Waals surface area contributed by atoms with Gasteiger partial charge in [-0.05, 0) is 24.3 Å². The standard InChI is InChI=1S/C12H17N3O4/c13-12(18)15-6-5-14-7-8-19-10-3-1-9(2-4-10)11(16)17/h1-4,14H,5-8H2,(H,16,17)(H3,13,15,18). The van der Waals surface area contributed by atoms with Crippen molar-refractivity contribution in [2.45, 2.75) is 0 Å². The van der Waals surface area contributed by atoms with Crippen LogP contribution in [0.5, 0.6) is 5.75 Å². The summed E-state index contributed by atoms with van der Waals surface area (Å²) in [5, 5.41) is 14.2. The highest BCUT2D eigenvalue weighted by Crippen LogP contribution is 2.11. The van der Waals surface area contributed by atoms with Crippen molar-refractivity contribution in [3.63, 3.8) is 0 Å². The number of urea groups is 1. The SMILES string of the molecule is NC(=O)NCCNCCOc1ccc(C(=O)O)cc1. The Kier molecular flexibility index (Phi) is 6.17. The van der Waals surface area contributed by atoms with Crippen LogP contribution in [0.3, 0.4) is 0 Å². The number of primary amides is 1. The van der Waals surface area contributed by atoms with Gasteiger partial charge < -0.3 is 26.2 Å². The van der Waals surface area contributed by atoms with E-state index in [2.05, 4.69) is 10.6 Å².